The highest BCUT2D eigenvalue weighted by Crippen LogP contribution is 2.33. The van der Waals surface area contributed by atoms with Crippen LogP contribution in [-0.4, -0.2) is 43.8 Å². The van der Waals surface area contributed by atoms with Gasteiger partial charge < -0.3 is 10.2 Å². The van der Waals surface area contributed by atoms with Crippen molar-refractivity contribution in [2.24, 2.45) is 0 Å². The van der Waals surface area contributed by atoms with Crippen LogP contribution in [0, 0.1) is 6.92 Å². The molecule has 1 N–H and O–H groups in total. The van der Waals surface area contributed by atoms with E-state index in [1.165, 1.54) is 29.2 Å². The molecule has 0 bridgehead atoms. The molecule has 0 saturated carbocycles. The van der Waals surface area contributed by atoms with Crippen LogP contribution in [0.1, 0.15) is 44.7 Å². The summed E-state index contributed by atoms with van der Waals surface area (Å²) in [6.07, 6.45) is 1.06. The second-order valence-electron chi connectivity index (χ2n) is 9.67. The van der Waals surface area contributed by atoms with Gasteiger partial charge in [-0.2, -0.15) is 0 Å². The molecule has 3 rings (SSSR count). The van der Waals surface area contributed by atoms with Crippen LogP contribution in [0.2, 0.25) is 10.0 Å². The van der Waals surface area contributed by atoms with Crippen LogP contribution < -0.4 is 9.62 Å². The average Bonchev–Trinajstić information content (AvgIpc) is 2.93. The number of hydrogen-bond donors (Lipinski definition) is 1. The van der Waals surface area contributed by atoms with Crippen molar-refractivity contribution in [2.45, 2.75) is 64.1 Å². The zero-order chi connectivity index (χ0) is 29.4. The molecule has 3 aromatic rings. The molecule has 40 heavy (non-hydrogen) atoms. The standard InChI is InChI=1S/C30H35Cl2N3O4S/c1-5-22(4)33-30(37)27(6-2)34(19-23-10-8-7-9-11-23)29(36)20-35(28-18-24(31)14-17-26(28)32)40(38,39)25-15-12-21(3)13-16-25/h7-18,22,27H,5-6,19-20H2,1-4H3,(H,33,37)/t22-,27+/m1/s1. The summed E-state index contributed by atoms with van der Waals surface area (Å²) < 4.78 is 28.9. The molecular weight excluding hydrogens is 569 g/mol. The maximum Gasteiger partial charge on any atom is 0.264 e. The normalized spacial score (nSPS) is 12.8. The van der Waals surface area contributed by atoms with Gasteiger partial charge >= 0.3 is 0 Å². The Kier molecular flexibility index (Phi) is 11.0. The predicted octanol–water partition coefficient (Wildman–Crippen LogP) is 6.22. The molecule has 2 atom stereocenters. The van der Waals surface area contributed by atoms with Gasteiger partial charge in [0, 0.05) is 17.6 Å². The lowest BCUT2D eigenvalue weighted by Gasteiger charge is -2.34. The quantitative estimate of drug-likeness (QED) is 0.266. The van der Waals surface area contributed by atoms with Crippen molar-refractivity contribution in [3.8, 4) is 0 Å². The summed E-state index contributed by atoms with van der Waals surface area (Å²) >= 11 is 12.7. The van der Waals surface area contributed by atoms with E-state index >= 15 is 0 Å². The van der Waals surface area contributed by atoms with Gasteiger partial charge in [0.25, 0.3) is 10.0 Å². The lowest BCUT2D eigenvalue weighted by molar-refractivity contribution is -0.140. The minimum atomic E-state index is -4.25. The number of hydrogen-bond acceptors (Lipinski definition) is 4. The average molecular weight is 605 g/mol. The third-order valence-corrected chi connectivity index (χ3v) is 8.98. The monoisotopic (exact) mass is 603 g/mol. The summed E-state index contributed by atoms with van der Waals surface area (Å²) in [5.74, 6) is -0.850. The number of nitrogens with zero attached hydrogens (tertiary/aromatic N) is 2. The number of aryl methyl sites for hydroxylation is 1. The Morgan fingerprint density at radius 3 is 2.17 bits per heavy atom. The highest BCUT2D eigenvalue weighted by molar-refractivity contribution is 7.92. The Morgan fingerprint density at radius 1 is 0.925 bits per heavy atom. The molecule has 7 nitrogen and oxygen atoms in total. The van der Waals surface area contributed by atoms with Crippen molar-refractivity contribution in [3.63, 3.8) is 0 Å². The molecule has 0 radical (unpaired) electrons. The van der Waals surface area contributed by atoms with Crippen molar-refractivity contribution in [3.05, 3.63) is 94.0 Å². The lowest BCUT2D eigenvalue weighted by atomic mass is 10.1. The molecule has 0 saturated heterocycles. The minimum absolute atomic E-state index is 0.00175. The number of anilines is 1. The van der Waals surface area contributed by atoms with Crippen LogP contribution in [0.15, 0.2) is 77.7 Å². The van der Waals surface area contributed by atoms with Crippen LogP contribution in [-0.2, 0) is 26.2 Å². The summed E-state index contributed by atoms with van der Waals surface area (Å²) in [6.45, 7) is 7.06. The molecule has 214 valence electrons. The van der Waals surface area contributed by atoms with Crippen LogP contribution in [0.3, 0.4) is 0 Å². The van der Waals surface area contributed by atoms with Crippen LogP contribution in [0.5, 0.6) is 0 Å². The predicted molar refractivity (Wildman–Crippen MR) is 161 cm³/mol. The van der Waals surface area contributed by atoms with Crippen molar-refractivity contribution >= 4 is 50.7 Å². The van der Waals surface area contributed by atoms with E-state index in [1.807, 2.05) is 58.0 Å². The fourth-order valence-electron chi connectivity index (χ4n) is 4.17. The maximum atomic E-state index is 14.1. The van der Waals surface area contributed by atoms with Crippen molar-refractivity contribution in [1.29, 1.82) is 0 Å². The molecule has 0 aliphatic rings. The largest absolute Gasteiger partial charge is 0.352 e. The fourth-order valence-corrected chi connectivity index (χ4v) is 6.03. The van der Waals surface area contributed by atoms with Gasteiger partial charge in [-0.15, -0.1) is 0 Å². The first-order valence-corrected chi connectivity index (χ1v) is 15.4. The van der Waals surface area contributed by atoms with E-state index in [9.17, 15) is 18.0 Å². The summed E-state index contributed by atoms with van der Waals surface area (Å²) in [5.41, 5.74) is 1.76. The molecule has 0 aromatic heterocycles. The Balaban J connectivity index is 2.09. The number of carbonyl (C=O) groups is 2. The van der Waals surface area contributed by atoms with E-state index in [0.717, 1.165) is 21.9 Å². The van der Waals surface area contributed by atoms with Gasteiger partial charge in [-0.05, 0) is 62.6 Å². The summed E-state index contributed by atoms with van der Waals surface area (Å²) in [6, 6.07) is 19.1. The number of nitrogens with one attached hydrogen (secondary N) is 1. The number of rotatable bonds is 12. The van der Waals surface area contributed by atoms with Gasteiger partial charge in [-0.25, -0.2) is 8.42 Å². The second kappa shape index (κ2) is 14.0. The molecule has 2 amide bonds. The SMILES string of the molecule is CC[C@@H](C)NC(=O)[C@H](CC)N(Cc1ccccc1)C(=O)CN(c1cc(Cl)ccc1Cl)S(=O)(=O)c1ccc(C)cc1. The van der Waals surface area contributed by atoms with E-state index in [2.05, 4.69) is 5.32 Å². The highest BCUT2D eigenvalue weighted by Gasteiger charge is 2.34. The first kappa shape index (κ1) is 31.5. The molecule has 0 aliphatic carbocycles. The molecule has 0 aliphatic heterocycles. The third-order valence-electron chi connectivity index (χ3n) is 6.65. The molecule has 10 heteroatoms. The van der Waals surface area contributed by atoms with Gasteiger partial charge in [-0.1, -0.05) is 85.1 Å². The zero-order valence-corrected chi connectivity index (χ0v) is 25.4. The number of halogens is 2. The van der Waals surface area contributed by atoms with Gasteiger partial charge in [0.2, 0.25) is 11.8 Å². The van der Waals surface area contributed by atoms with Gasteiger partial charge in [-0.3, -0.25) is 13.9 Å². The Morgan fingerprint density at radius 2 is 1.57 bits per heavy atom. The molecular formula is C30H35Cl2N3O4S. The minimum Gasteiger partial charge on any atom is -0.352 e. The Labute approximate surface area is 247 Å². The van der Waals surface area contributed by atoms with E-state index in [0.29, 0.717) is 6.42 Å². The smallest absolute Gasteiger partial charge is 0.264 e. The van der Waals surface area contributed by atoms with Gasteiger partial charge in [0.05, 0.1) is 15.6 Å². The zero-order valence-electron chi connectivity index (χ0n) is 23.1. The van der Waals surface area contributed by atoms with Crippen LogP contribution in [0.25, 0.3) is 0 Å². The van der Waals surface area contributed by atoms with Crippen molar-refractivity contribution in [1.82, 2.24) is 10.2 Å². The number of sulfonamides is 1. The summed E-state index contributed by atoms with van der Waals surface area (Å²) in [4.78, 5) is 28.8. The lowest BCUT2D eigenvalue weighted by Crippen LogP contribution is -2.53. The highest BCUT2D eigenvalue weighted by atomic mass is 35.5. The Bertz CT molecular complexity index is 1420. The first-order chi connectivity index (χ1) is 19.0. The van der Waals surface area contributed by atoms with Crippen molar-refractivity contribution < 1.29 is 18.0 Å². The molecule has 0 unspecified atom stereocenters. The number of benzene rings is 3. The van der Waals surface area contributed by atoms with E-state index in [1.54, 1.807) is 18.2 Å². The van der Waals surface area contributed by atoms with Gasteiger partial charge in [0.1, 0.15) is 12.6 Å². The molecule has 3 aromatic carbocycles. The molecule has 0 fully saturated rings. The third kappa shape index (κ3) is 7.77. The van der Waals surface area contributed by atoms with E-state index in [4.69, 9.17) is 23.2 Å². The Hall–Kier alpha value is -3.07. The van der Waals surface area contributed by atoms with Gasteiger partial charge in [0.15, 0.2) is 0 Å². The summed E-state index contributed by atoms with van der Waals surface area (Å²) in [7, 11) is -4.25. The first-order valence-electron chi connectivity index (χ1n) is 13.2. The van der Waals surface area contributed by atoms with Crippen LogP contribution >= 0.6 is 23.2 Å². The molecule has 0 spiro atoms. The topological polar surface area (TPSA) is 86.8 Å². The number of amides is 2. The maximum absolute atomic E-state index is 14.1. The van der Waals surface area contributed by atoms with Crippen molar-refractivity contribution in [2.75, 3.05) is 10.8 Å². The van der Waals surface area contributed by atoms with Crippen LogP contribution in [0.4, 0.5) is 5.69 Å². The number of carbonyl (C=O) groups excluding carboxylic acids is 2. The molecule has 0 heterocycles. The van der Waals surface area contributed by atoms with E-state index in [-0.39, 0.29) is 39.1 Å². The second-order valence-corrected chi connectivity index (χ2v) is 12.4. The van der Waals surface area contributed by atoms with E-state index < -0.39 is 28.5 Å². The fraction of sp³-hybridized carbons (Fsp3) is 0.333. The summed E-state index contributed by atoms with van der Waals surface area (Å²) in [5, 5.41) is 3.34.